The molecule has 0 amide bonds. The van der Waals surface area contributed by atoms with Crippen LogP contribution in [0.4, 0.5) is 0 Å². The van der Waals surface area contributed by atoms with Crippen molar-refractivity contribution in [1.29, 1.82) is 0 Å². The number of esters is 1. The lowest BCUT2D eigenvalue weighted by Gasteiger charge is -2.41. The molecule has 1 spiro atoms. The fourth-order valence-electron chi connectivity index (χ4n) is 3.06. The average molecular weight is 283 g/mol. The van der Waals surface area contributed by atoms with E-state index in [2.05, 4.69) is 11.5 Å². The molecular formula is C15H25NO4. The lowest BCUT2D eigenvalue weighted by molar-refractivity contribution is -0.147. The number of ether oxygens (including phenoxy) is 3. The molecule has 2 atom stereocenters. The molecule has 0 saturated carbocycles. The van der Waals surface area contributed by atoms with Crippen molar-refractivity contribution in [3.8, 4) is 0 Å². The molecule has 2 aliphatic heterocycles. The lowest BCUT2D eigenvalue weighted by Crippen LogP contribution is -2.50. The molecule has 0 N–H and O–H groups in total. The van der Waals surface area contributed by atoms with Gasteiger partial charge in [-0.05, 0) is 19.8 Å². The summed E-state index contributed by atoms with van der Waals surface area (Å²) < 4.78 is 16.5. The van der Waals surface area contributed by atoms with Crippen molar-refractivity contribution in [2.45, 2.75) is 37.8 Å². The minimum atomic E-state index is -0.169. The van der Waals surface area contributed by atoms with Gasteiger partial charge in [0.1, 0.15) is 0 Å². The minimum Gasteiger partial charge on any atom is -0.465 e. The lowest BCUT2D eigenvalue weighted by atomic mass is 9.89. The molecule has 0 aromatic heterocycles. The van der Waals surface area contributed by atoms with Crippen molar-refractivity contribution in [1.82, 2.24) is 4.90 Å². The maximum Gasteiger partial charge on any atom is 0.320 e. The summed E-state index contributed by atoms with van der Waals surface area (Å²) in [5, 5.41) is 0. The van der Waals surface area contributed by atoms with Gasteiger partial charge in [-0.15, -0.1) is 6.58 Å². The zero-order valence-corrected chi connectivity index (χ0v) is 12.3. The fourth-order valence-corrected chi connectivity index (χ4v) is 3.06. The third kappa shape index (κ3) is 3.81. The van der Waals surface area contributed by atoms with Gasteiger partial charge in [0.05, 0.1) is 25.4 Å². The topological polar surface area (TPSA) is 48.0 Å². The van der Waals surface area contributed by atoms with Crippen LogP contribution in [0.1, 0.15) is 26.2 Å². The Morgan fingerprint density at radius 3 is 3.05 bits per heavy atom. The fraction of sp³-hybridized carbons (Fsp3) is 0.800. The van der Waals surface area contributed by atoms with Crippen molar-refractivity contribution in [2.24, 2.45) is 0 Å². The Morgan fingerprint density at radius 2 is 2.40 bits per heavy atom. The Hall–Kier alpha value is -0.910. The third-order valence-electron chi connectivity index (χ3n) is 4.05. The van der Waals surface area contributed by atoms with Crippen LogP contribution in [-0.4, -0.2) is 62.0 Å². The molecule has 2 rings (SSSR count). The van der Waals surface area contributed by atoms with Crippen LogP contribution < -0.4 is 0 Å². The van der Waals surface area contributed by atoms with Gasteiger partial charge in [0.25, 0.3) is 0 Å². The van der Waals surface area contributed by atoms with Crippen molar-refractivity contribution < 1.29 is 19.0 Å². The summed E-state index contributed by atoms with van der Waals surface area (Å²) >= 11 is 0. The van der Waals surface area contributed by atoms with Crippen molar-refractivity contribution in [3.05, 3.63) is 12.7 Å². The van der Waals surface area contributed by atoms with Crippen LogP contribution in [0.3, 0.4) is 0 Å². The van der Waals surface area contributed by atoms with Gasteiger partial charge >= 0.3 is 5.97 Å². The molecular weight excluding hydrogens is 258 g/mol. The van der Waals surface area contributed by atoms with E-state index in [4.69, 9.17) is 14.2 Å². The van der Waals surface area contributed by atoms with Gasteiger partial charge in [-0.1, -0.05) is 6.08 Å². The van der Waals surface area contributed by atoms with Gasteiger partial charge in [-0.2, -0.15) is 0 Å². The van der Waals surface area contributed by atoms with Gasteiger partial charge < -0.3 is 14.2 Å². The third-order valence-corrected chi connectivity index (χ3v) is 4.05. The molecule has 2 heterocycles. The van der Waals surface area contributed by atoms with Crippen LogP contribution in [0.5, 0.6) is 0 Å². The molecule has 0 aliphatic carbocycles. The first-order valence-corrected chi connectivity index (χ1v) is 7.41. The first kappa shape index (κ1) is 15.5. The number of hydrogen-bond acceptors (Lipinski definition) is 5. The largest absolute Gasteiger partial charge is 0.465 e. The second kappa shape index (κ2) is 7.20. The number of nitrogens with zero attached hydrogens (tertiary/aromatic N) is 1. The molecule has 2 saturated heterocycles. The predicted molar refractivity (Wildman–Crippen MR) is 75.5 cm³/mol. The Kier molecular flexibility index (Phi) is 5.57. The Labute approximate surface area is 120 Å². The maximum absolute atomic E-state index is 11.7. The highest BCUT2D eigenvalue weighted by molar-refractivity contribution is 5.71. The van der Waals surface area contributed by atoms with E-state index in [9.17, 15) is 4.79 Å². The normalized spacial score (nSPS) is 29.8. The van der Waals surface area contributed by atoms with E-state index >= 15 is 0 Å². The highest BCUT2D eigenvalue weighted by Gasteiger charge is 2.42. The van der Waals surface area contributed by atoms with Gasteiger partial charge in [0.15, 0.2) is 0 Å². The van der Waals surface area contributed by atoms with E-state index in [1.165, 1.54) is 0 Å². The zero-order chi connectivity index (χ0) is 14.4. The average Bonchev–Trinajstić information content (AvgIpc) is 2.86. The molecule has 0 radical (unpaired) electrons. The number of hydrogen-bond donors (Lipinski definition) is 0. The number of carbonyl (C=O) groups is 1. The molecule has 0 aromatic carbocycles. The molecule has 5 nitrogen and oxygen atoms in total. The second-order valence-corrected chi connectivity index (χ2v) is 5.50. The molecule has 0 aromatic rings. The number of carbonyl (C=O) groups excluding carboxylic acids is 1. The summed E-state index contributed by atoms with van der Waals surface area (Å²) in [7, 11) is 0. The summed E-state index contributed by atoms with van der Waals surface area (Å²) in [4.78, 5) is 13.9. The SMILES string of the molecule is C=CCN(CC(=O)OCC)C1CCOC2(CCOC2)C1. The second-order valence-electron chi connectivity index (χ2n) is 5.50. The smallest absolute Gasteiger partial charge is 0.320 e. The Morgan fingerprint density at radius 1 is 1.55 bits per heavy atom. The van der Waals surface area contributed by atoms with E-state index in [1.54, 1.807) is 0 Å². The first-order chi connectivity index (χ1) is 9.69. The standard InChI is InChI=1S/C15H25NO4/c1-3-7-16(11-14(17)19-4-2)13-5-8-20-15(10-13)6-9-18-12-15/h3,13H,1,4-12H2,2H3. The number of rotatable bonds is 6. The van der Waals surface area contributed by atoms with E-state index < -0.39 is 0 Å². The summed E-state index contributed by atoms with van der Waals surface area (Å²) in [6.07, 6.45) is 4.65. The zero-order valence-electron chi connectivity index (χ0n) is 12.3. The minimum absolute atomic E-state index is 0.142. The molecule has 2 fully saturated rings. The maximum atomic E-state index is 11.7. The molecule has 114 valence electrons. The summed E-state index contributed by atoms with van der Waals surface area (Å²) in [5.74, 6) is -0.169. The first-order valence-electron chi connectivity index (χ1n) is 7.41. The van der Waals surface area contributed by atoms with Gasteiger partial charge in [-0.25, -0.2) is 0 Å². The van der Waals surface area contributed by atoms with Crippen LogP contribution in [-0.2, 0) is 19.0 Å². The van der Waals surface area contributed by atoms with Crippen LogP contribution in [0.2, 0.25) is 0 Å². The van der Waals surface area contributed by atoms with E-state index in [1.807, 2.05) is 13.0 Å². The quantitative estimate of drug-likeness (QED) is 0.544. The predicted octanol–water partition coefficient (Wildman–Crippen LogP) is 1.38. The van der Waals surface area contributed by atoms with Crippen LogP contribution in [0, 0.1) is 0 Å². The van der Waals surface area contributed by atoms with Crippen molar-refractivity contribution in [2.75, 3.05) is 39.5 Å². The Bertz CT molecular complexity index is 339. The molecule has 2 unspecified atom stereocenters. The van der Waals surface area contributed by atoms with E-state index in [0.29, 0.717) is 32.3 Å². The van der Waals surface area contributed by atoms with Crippen LogP contribution in [0.15, 0.2) is 12.7 Å². The molecule has 0 bridgehead atoms. The van der Waals surface area contributed by atoms with Crippen LogP contribution >= 0.6 is 0 Å². The summed E-state index contributed by atoms with van der Waals surface area (Å²) in [5.41, 5.74) is -0.142. The summed E-state index contributed by atoms with van der Waals surface area (Å²) in [6, 6.07) is 0.327. The molecule has 20 heavy (non-hydrogen) atoms. The highest BCUT2D eigenvalue weighted by atomic mass is 16.6. The van der Waals surface area contributed by atoms with Crippen molar-refractivity contribution in [3.63, 3.8) is 0 Å². The van der Waals surface area contributed by atoms with Gasteiger partial charge in [0.2, 0.25) is 0 Å². The van der Waals surface area contributed by atoms with E-state index in [0.717, 1.165) is 32.5 Å². The summed E-state index contributed by atoms with van der Waals surface area (Å²) in [6.45, 7) is 9.22. The van der Waals surface area contributed by atoms with Gasteiger partial charge in [-0.3, -0.25) is 9.69 Å². The van der Waals surface area contributed by atoms with Gasteiger partial charge in [0, 0.05) is 32.2 Å². The van der Waals surface area contributed by atoms with Crippen molar-refractivity contribution >= 4 is 5.97 Å². The van der Waals surface area contributed by atoms with E-state index in [-0.39, 0.29) is 11.6 Å². The molecule has 5 heteroatoms. The Balaban J connectivity index is 1.96. The highest BCUT2D eigenvalue weighted by Crippen LogP contribution is 2.34. The van der Waals surface area contributed by atoms with Crippen LogP contribution in [0.25, 0.3) is 0 Å². The monoisotopic (exact) mass is 283 g/mol. The molecule has 2 aliphatic rings.